The van der Waals surface area contributed by atoms with Crippen LogP contribution in [0, 0.1) is 12.7 Å². The molecule has 0 atom stereocenters. The number of carbonyl (C=O) groups is 2. The molecule has 7 heteroatoms. The highest BCUT2D eigenvalue weighted by Crippen LogP contribution is 2.23. The summed E-state index contributed by atoms with van der Waals surface area (Å²) in [4.78, 5) is 35.8. The fraction of sp³-hybridized carbons (Fsp3) is 0.115. The average molecular weight is 446 g/mol. The number of halogens is 1. The molecule has 0 saturated heterocycles. The van der Waals surface area contributed by atoms with Crippen LogP contribution in [0.5, 0.6) is 5.75 Å². The summed E-state index contributed by atoms with van der Waals surface area (Å²) >= 11 is 0. The fourth-order valence-corrected chi connectivity index (χ4v) is 3.23. The summed E-state index contributed by atoms with van der Waals surface area (Å²) in [5.41, 5.74) is 2.22. The van der Waals surface area contributed by atoms with Crippen molar-refractivity contribution in [3.63, 3.8) is 0 Å². The van der Waals surface area contributed by atoms with Crippen LogP contribution in [0.15, 0.2) is 82.0 Å². The number of hydrogen-bond acceptors (Lipinski definition) is 6. The summed E-state index contributed by atoms with van der Waals surface area (Å²) in [6.45, 7) is 1.64. The highest BCUT2D eigenvalue weighted by atomic mass is 19.1. The van der Waals surface area contributed by atoms with Gasteiger partial charge >= 0.3 is 11.6 Å². The van der Waals surface area contributed by atoms with E-state index in [4.69, 9.17) is 13.9 Å². The Balaban J connectivity index is 1.33. The van der Waals surface area contributed by atoms with Crippen LogP contribution in [0.25, 0.3) is 11.0 Å². The standard InChI is InChI=1S/C26H19FO6/c1-16-12-25(29)33-24-13-21(10-11-22(16)24)31-14-17-2-4-19(5-3-17)26(30)32-15-23(28)18-6-8-20(27)9-7-18/h2-13H,14-15H2,1H3. The van der Waals surface area contributed by atoms with Gasteiger partial charge in [0.15, 0.2) is 12.4 Å². The number of ether oxygens (including phenoxy) is 2. The molecule has 33 heavy (non-hydrogen) atoms. The number of fused-ring (bicyclic) bond motifs is 1. The van der Waals surface area contributed by atoms with Gasteiger partial charge in [-0.25, -0.2) is 14.0 Å². The van der Waals surface area contributed by atoms with Crippen molar-refractivity contribution in [1.29, 1.82) is 0 Å². The largest absolute Gasteiger partial charge is 0.489 e. The lowest BCUT2D eigenvalue weighted by molar-refractivity contribution is 0.0474. The summed E-state index contributed by atoms with van der Waals surface area (Å²) < 4.78 is 29.0. The zero-order valence-electron chi connectivity index (χ0n) is 17.7. The lowest BCUT2D eigenvalue weighted by atomic mass is 10.1. The van der Waals surface area contributed by atoms with Gasteiger partial charge in [-0.1, -0.05) is 12.1 Å². The van der Waals surface area contributed by atoms with Gasteiger partial charge in [-0.3, -0.25) is 4.79 Å². The topological polar surface area (TPSA) is 82.8 Å². The van der Waals surface area contributed by atoms with Crippen molar-refractivity contribution in [1.82, 2.24) is 0 Å². The summed E-state index contributed by atoms with van der Waals surface area (Å²) in [6, 6.07) is 18.3. The second kappa shape index (κ2) is 9.48. The summed E-state index contributed by atoms with van der Waals surface area (Å²) in [5, 5.41) is 0.836. The Kier molecular flexibility index (Phi) is 6.31. The molecule has 4 rings (SSSR count). The van der Waals surface area contributed by atoms with Crippen LogP contribution in [0.2, 0.25) is 0 Å². The number of benzene rings is 3. The highest BCUT2D eigenvalue weighted by molar-refractivity contribution is 5.99. The molecule has 0 unspecified atom stereocenters. The normalized spacial score (nSPS) is 10.7. The second-order valence-electron chi connectivity index (χ2n) is 7.40. The molecule has 0 bridgehead atoms. The molecular weight excluding hydrogens is 427 g/mol. The van der Waals surface area contributed by atoms with Crippen LogP contribution < -0.4 is 10.4 Å². The number of carbonyl (C=O) groups excluding carboxylic acids is 2. The minimum absolute atomic E-state index is 0.236. The molecule has 3 aromatic carbocycles. The molecule has 0 aliphatic carbocycles. The van der Waals surface area contributed by atoms with Gasteiger partial charge in [0.25, 0.3) is 0 Å². The van der Waals surface area contributed by atoms with Crippen molar-refractivity contribution in [3.05, 3.63) is 111 Å². The number of hydrogen-bond donors (Lipinski definition) is 0. The maximum atomic E-state index is 12.9. The van der Waals surface area contributed by atoms with Crippen LogP contribution in [0.1, 0.15) is 31.8 Å². The van der Waals surface area contributed by atoms with Crippen molar-refractivity contribution in [2.75, 3.05) is 6.61 Å². The van der Waals surface area contributed by atoms with Gasteiger partial charge in [0, 0.05) is 23.1 Å². The Labute approximate surface area is 188 Å². The minimum atomic E-state index is -0.641. The Morgan fingerprint density at radius 2 is 1.61 bits per heavy atom. The lowest BCUT2D eigenvalue weighted by Crippen LogP contribution is -2.14. The predicted octanol–water partition coefficient (Wildman–Crippen LogP) is 4.86. The Morgan fingerprint density at radius 3 is 2.33 bits per heavy atom. The third-order valence-corrected chi connectivity index (χ3v) is 5.02. The van der Waals surface area contributed by atoms with Gasteiger partial charge in [0.2, 0.25) is 0 Å². The van der Waals surface area contributed by atoms with E-state index in [0.29, 0.717) is 11.3 Å². The molecule has 0 aliphatic rings. The zero-order valence-corrected chi connectivity index (χ0v) is 17.7. The van der Waals surface area contributed by atoms with Gasteiger partial charge in [-0.15, -0.1) is 0 Å². The summed E-state index contributed by atoms with van der Waals surface area (Å²) in [7, 11) is 0. The van der Waals surface area contributed by atoms with Gasteiger partial charge < -0.3 is 13.9 Å². The molecule has 0 fully saturated rings. The fourth-order valence-electron chi connectivity index (χ4n) is 3.23. The van der Waals surface area contributed by atoms with Crippen LogP contribution in [0.3, 0.4) is 0 Å². The first-order valence-corrected chi connectivity index (χ1v) is 10.1. The van der Waals surface area contributed by atoms with Crippen LogP contribution in [-0.4, -0.2) is 18.4 Å². The van der Waals surface area contributed by atoms with Crippen molar-refractivity contribution < 1.29 is 27.9 Å². The van der Waals surface area contributed by atoms with Crippen molar-refractivity contribution in [2.24, 2.45) is 0 Å². The molecule has 0 spiro atoms. The van der Waals surface area contributed by atoms with E-state index in [1.54, 1.807) is 36.4 Å². The van der Waals surface area contributed by atoms with Gasteiger partial charge in [0.1, 0.15) is 23.8 Å². The minimum Gasteiger partial charge on any atom is -0.489 e. The molecule has 1 heterocycles. The van der Waals surface area contributed by atoms with E-state index in [-0.39, 0.29) is 17.7 Å². The molecule has 166 valence electrons. The quantitative estimate of drug-likeness (QED) is 0.229. The number of ketones is 1. The second-order valence-corrected chi connectivity index (χ2v) is 7.40. The van der Waals surface area contributed by atoms with E-state index >= 15 is 0 Å². The highest BCUT2D eigenvalue weighted by Gasteiger charge is 2.12. The first-order valence-electron chi connectivity index (χ1n) is 10.1. The first-order chi connectivity index (χ1) is 15.9. The summed E-state index contributed by atoms with van der Waals surface area (Å²) in [5.74, 6) is -0.971. The van der Waals surface area contributed by atoms with E-state index in [9.17, 15) is 18.8 Å². The van der Waals surface area contributed by atoms with Crippen molar-refractivity contribution in [2.45, 2.75) is 13.5 Å². The molecule has 6 nitrogen and oxygen atoms in total. The van der Waals surface area contributed by atoms with Crippen LogP contribution in [-0.2, 0) is 11.3 Å². The number of Topliss-reactive ketones (excluding diaryl/α,β-unsaturated/α-hetero) is 1. The lowest BCUT2D eigenvalue weighted by Gasteiger charge is -2.09. The van der Waals surface area contributed by atoms with Crippen LogP contribution in [0.4, 0.5) is 4.39 Å². The van der Waals surface area contributed by atoms with Gasteiger partial charge in [-0.05, 0) is 66.6 Å². The molecule has 0 radical (unpaired) electrons. The Hall–Kier alpha value is -4.26. The number of rotatable bonds is 7. The molecular formula is C26H19FO6. The summed E-state index contributed by atoms with van der Waals surface area (Å²) in [6.07, 6.45) is 0. The van der Waals surface area contributed by atoms with Gasteiger partial charge in [0.05, 0.1) is 5.56 Å². The monoisotopic (exact) mass is 446 g/mol. The van der Waals surface area contributed by atoms with E-state index < -0.39 is 29.8 Å². The van der Waals surface area contributed by atoms with E-state index in [2.05, 4.69) is 0 Å². The molecule has 0 aliphatic heterocycles. The Morgan fingerprint density at radius 1 is 0.909 bits per heavy atom. The molecule has 0 saturated carbocycles. The third kappa shape index (κ3) is 5.33. The van der Waals surface area contributed by atoms with Crippen LogP contribution >= 0.6 is 0 Å². The third-order valence-electron chi connectivity index (χ3n) is 5.02. The maximum Gasteiger partial charge on any atom is 0.338 e. The smallest absolute Gasteiger partial charge is 0.338 e. The Bertz CT molecular complexity index is 1370. The predicted molar refractivity (Wildman–Crippen MR) is 119 cm³/mol. The molecule has 0 N–H and O–H groups in total. The van der Waals surface area contributed by atoms with E-state index in [1.165, 1.54) is 30.3 Å². The average Bonchev–Trinajstić information content (AvgIpc) is 2.81. The van der Waals surface area contributed by atoms with E-state index in [1.807, 2.05) is 13.0 Å². The van der Waals surface area contributed by atoms with Gasteiger partial charge in [-0.2, -0.15) is 0 Å². The zero-order chi connectivity index (χ0) is 23.4. The van der Waals surface area contributed by atoms with E-state index in [0.717, 1.165) is 16.5 Å². The first kappa shape index (κ1) is 22.0. The number of aryl methyl sites for hydroxylation is 1. The van der Waals surface area contributed by atoms with Crippen molar-refractivity contribution >= 4 is 22.7 Å². The molecule has 0 amide bonds. The molecule has 4 aromatic rings. The molecule has 1 aromatic heterocycles. The van der Waals surface area contributed by atoms with Crippen molar-refractivity contribution in [3.8, 4) is 5.75 Å². The number of esters is 1. The SMILES string of the molecule is Cc1cc(=O)oc2cc(OCc3ccc(C(=O)OCC(=O)c4ccc(F)cc4)cc3)ccc12. The maximum absolute atomic E-state index is 12.9.